The molecule has 1 N–H and O–H groups in total. The van der Waals surface area contributed by atoms with E-state index in [-0.39, 0.29) is 6.10 Å². The Hall–Kier alpha value is -1.36. The number of benzene rings is 1. The molecular weight excluding hydrogens is 276 g/mol. The Morgan fingerprint density at radius 3 is 2.68 bits per heavy atom. The molecule has 0 bridgehead atoms. The molecule has 0 saturated heterocycles. The van der Waals surface area contributed by atoms with E-state index in [2.05, 4.69) is 34.8 Å². The molecule has 1 aliphatic heterocycles. The van der Waals surface area contributed by atoms with E-state index in [1.807, 2.05) is 6.92 Å². The topological polar surface area (TPSA) is 37.6 Å². The van der Waals surface area contributed by atoms with Crippen molar-refractivity contribution >= 4 is 10.9 Å². The van der Waals surface area contributed by atoms with Crippen molar-refractivity contribution < 1.29 is 9.84 Å². The number of methoxy groups -OCH3 is 1. The van der Waals surface area contributed by atoms with Gasteiger partial charge in [-0.15, -0.1) is 0 Å². The van der Waals surface area contributed by atoms with Crippen LogP contribution in [0.25, 0.3) is 10.9 Å². The summed E-state index contributed by atoms with van der Waals surface area (Å²) in [6.07, 6.45) is 3.72. The summed E-state index contributed by atoms with van der Waals surface area (Å²) in [5.74, 6) is 0. The van der Waals surface area contributed by atoms with Crippen LogP contribution in [0.5, 0.6) is 0 Å². The van der Waals surface area contributed by atoms with Crippen molar-refractivity contribution in [2.45, 2.75) is 39.0 Å². The van der Waals surface area contributed by atoms with Crippen LogP contribution in [0.1, 0.15) is 30.0 Å². The number of hydrogen-bond donors (Lipinski definition) is 1. The van der Waals surface area contributed by atoms with E-state index in [4.69, 9.17) is 4.74 Å². The monoisotopic (exact) mass is 302 g/mol. The second-order valence-corrected chi connectivity index (χ2v) is 6.49. The van der Waals surface area contributed by atoms with Gasteiger partial charge in [-0.25, -0.2) is 0 Å². The summed E-state index contributed by atoms with van der Waals surface area (Å²) in [4.78, 5) is 2.43. The fraction of sp³-hybridized carbons (Fsp3) is 0.556. The quantitative estimate of drug-likeness (QED) is 0.890. The molecular formula is C18H26N2O2. The molecule has 0 amide bonds. The molecule has 2 aromatic rings. The van der Waals surface area contributed by atoms with E-state index in [1.54, 1.807) is 7.11 Å². The van der Waals surface area contributed by atoms with Gasteiger partial charge in [0, 0.05) is 50.9 Å². The van der Waals surface area contributed by atoms with E-state index in [0.29, 0.717) is 0 Å². The van der Waals surface area contributed by atoms with Crippen LogP contribution in [0, 0.1) is 0 Å². The van der Waals surface area contributed by atoms with Gasteiger partial charge >= 0.3 is 0 Å². The number of aryl methyl sites for hydroxylation is 2. The van der Waals surface area contributed by atoms with Crippen molar-refractivity contribution in [2.24, 2.45) is 7.05 Å². The van der Waals surface area contributed by atoms with Gasteiger partial charge in [0.2, 0.25) is 0 Å². The van der Waals surface area contributed by atoms with Crippen LogP contribution in [0.2, 0.25) is 0 Å². The highest BCUT2D eigenvalue weighted by Crippen LogP contribution is 2.31. The Kier molecular flexibility index (Phi) is 4.52. The standard InChI is InChI=1S/C18H26N2O2/c1-13(21)4-5-14-10-19(2)18-9-16-12-20(6-7-22-3)11-15(16)8-17(14)18/h8-10,13,21H,4-7,11-12H2,1-3H3. The molecule has 1 aromatic heterocycles. The van der Waals surface area contributed by atoms with Gasteiger partial charge in [-0.1, -0.05) is 0 Å². The van der Waals surface area contributed by atoms with Gasteiger partial charge in [-0.3, -0.25) is 4.90 Å². The molecule has 0 saturated carbocycles. The van der Waals surface area contributed by atoms with E-state index in [0.717, 1.165) is 39.1 Å². The highest BCUT2D eigenvalue weighted by atomic mass is 16.5. The molecule has 1 aromatic carbocycles. The van der Waals surface area contributed by atoms with Gasteiger partial charge in [0.05, 0.1) is 12.7 Å². The molecule has 120 valence electrons. The fourth-order valence-electron chi connectivity index (χ4n) is 3.37. The van der Waals surface area contributed by atoms with Crippen molar-refractivity contribution in [1.29, 1.82) is 0 Å². The lowest BCUT2D eigenvalue weighted by molar-refractivity contribution is 0.147. The number of rotatable bonds is 6. The number of ether oxygens (including phenoxy) is 1. The van der Waals surface area contributed by atoms with Crippen molar-refractivity contribution in [3.05, 3.63) is 35.0 Å². The zero-order valence-electron chi connectivity index (χ0n) is 13.8. The first-order valence-corrected chi connectivity index (χ1v) is 8.07. The molecule has 2 heterocycles. The SMILES string of the molecule is COCCN1Cc2cc3c(CCC(C)O)cn(C)c3cc2C1. The molecule has 4 nitrogen and oxygen atoms in total. The molecule has 0 spiro atoms. The Labute approximate surface area is 132 Å². The lowest BCUT2D eigenvalue weighted by Gasteiger charge is -2.13. The summed E-state index contributed by atoms with van der Waals surface area (Å²) in [5, 5.41) is 10.9. The van der Waals surface area contributed by atoms with Crippen molar-refractivity contribution in [3.63, 3.8) is 0 Å². The summed E-state index contributed by atoms with van der Waals surface area (Å²) in [6, 6.07) is 4.69. The average Bonchev–Trinajstić information content (AvgIpc) is 3.01. The Balaban J connectivity index is 1.87. The van der Waals surface area contributed by atoms with Gasteiger partial charge in [0.15, 0.2) is 0 Å². The second kappa shape index (κ2) is 6.41. The van der Waals surface area contributed by atoms with Crippen LogP contribution in [0.4, 0.5) is 0 Å². The molecule has 3 rings (SSSR count). The molecule has 0 radical (unpaired) electrons. The van der Waals surface area contributed by atoms with Gasteiger partial charge in [0.25, 0.3) is 0 Å². The lowest BCUT2D eigenvalue weighted by atomic mass is 10.0. The number of aliphatic hydroxyl groups excluding tert-OH is 1. The summed E-state index contributed by atoms with van der Waals surface area (Å²) in [6.45, 7) is 5.66. The molecule has 1 aliphatic rings. The summed E-state index contributed by atoms with van der Waals surface area (Å²) in [5.41, 5.74) is 5.52. The van der Waals surface area contributed by atoms with Gasteiger partial charge in [-0.05, 0) is 48.6 Å². The van der Waals surface area contributed by atoms with Crippen LogP contribution < -0.4 is 0 Å². The first-order chi connectivity index (χ1) is 10.6. The number of fused-ring (bicyclic) bond motifs is 2. The van der Waals surface area contributed by atoms with E-state index >= 15 is 0 Å². The zero-order valence-corrected chi connectivity index (χ0v) is 13.8. The summed E-state index contributed by atoms with van der Waals surface area (Å²) < 4.78 is 7.40. The summed E-state index contributed by atoms with van der Waals surface area (Å²) in [7, 11) is 3.87. The first-order valence-electron chi connectivity index (χ1n) is 8.07. The highest BCUT2D eigenvalue weighted by Gasteiger charge is 2.21. The predicted octanol–water partition coefficient (Wildman–Crippen LogP) is 2.45. The third kappa shape index (κ3) is 3.05. The Bertz CT molecular complexity index is 661. The van der Waals surface area contributed by atoms with Crippen LogP contribution in [-0.2, 0) is 31.3 Å². The molecule has 4 heteroatoms. The molecule has 1 unspecified atom stereocenters. The average molecular weight is 302 g/mol. The number of aromatic nitrogens is 1. The van der Waals surface area contributed by atoms with Gasteiger partial charge < -0.3 is 14.4 Å². The third-order valence-corrected chi connectivity index (χ3v) is 4.62. The predicted molar refractivity (Wildman–Crippen MR) is 88.9 cm³/mol. The maximum absolute atomic E-state index is 9.54. The van der Waals surface area contributed by atoms with Crippen LogP contribution >= 0.6 is 0 Å². The van der Waals surface area contributed by atoms with Crippen molar-refractivity contribution in [2.75, 3.05) is 20.3 Å². The maximum atomic E-state index is 9.54. The molecule has 0 fully saturated rings. The maximum Gasteiger partial charge on any atom is 0.0589 e. The van der Waals surface area contributed by atoms with Gasteiger partial charge in [-0.2, -0.15) is 0 Å². The molecule has 0 aliphatic carbocycles. The van der Waals surface area contributed by atoms with Gasteiger partial charge in [0.1, 0.15) is 0 Å². The van der Waals surface area contributed by atoms with E-state index in [9.17, 15) is 5.11 Å². The summed E-state index contributed by atoms with van der Waals surface area (Å²) >= 11 is 0. The normalized spacial score (nSPS) is 16.4. The van der Waals surface area contributed by atoms with Crippen LogP contribution in [0.3, 0.4) is 0 Å². The Morgan fingerprint density at radius 2 is 2.00 bits per heavy atom. The van der Waals surface area contributed by atoms with E-state index < -0.39 is 0 Å². The highest BCUT2D eigenvalue weighted by molar-refractivity contribution is 5.85. The van der Waals surface area contributed by atoms with Crippen molar-refractivity contribution in [1.82, 2.24) is 9.47 Å². The minimum Gasteiger partial charge on any atom is -0.393 e. The Morgan fingerprint density at radius 1 is 1.27 bits per heavy atom. The number of hydrogen-bond acceptors (Lipinski definition) is 3. The molecule has 1 atom stereocenters. The minimum absolute atomic E-state index is 0.241. The van der Waals surface area contributed by atoms with Crippen molar-refractivity contribution in [3.8, 4) is 0 Å². The minimum atomic E-state index is -0.241. The van der Waals surface area contributed by atoms with Crippen LogP contribution in [-0.4, -0.2) is 40.9 Å². The number of aliphatic hydroxyl groups is 1. The molecule has 22 heavy (non-hydrogen) atoms. The largest absolute Gasteiger partial charge is 0.393 e. The third-order valence-electron chi connectivity index (χ3n) is 4.62. The second-order valence-electron chi connectivity index (χ2n) is 6.49. The fourth-order valence-corrected chi connectivity index (χ4v) is 3.37. The number of nitrogens with zero attached hydrogens (tertiary/aromatic N) is 2. The van der Waals surface area contributed by atoms with Crippen LogP contribution in [0.15, 0.2) is 18.3 Å². The van der Waals surface area contributed by atoms with E-state index in [1.165, 1.54) is 27.6 Å². The first kappa shape index (κ1) is 15.5. The lowest BCUT2D eigenvalue weighted by Crippen LogP contribution is -2.21. The zero-order chi connectivity index (χ0) is 15.7. The smallest absolute Gasteiger partial charge is 0.0589 e.